The lowest BCUT2D eigenvalue weighted by atomic mass is 10.1. The van der Waals surface area contributed by atoms with Crippen LogP contribution in [0.5, 0.6) is 0 Å². The molecule has 1 rings (SSSR count). The van der Waals surface area contributed by atoms with E-state index in [0.29, 0.717) is 6.61 Å². The highest BCUT2D eigenvalue weighted by Crippen LogP contribution is 2.23. The van der Waals surface area contributed by atoms with Crippen LogP contribution in [-0.2, 0) is 9.47 Å². The van der Waals surface area contributed by atoms with Crippen molar-refractivity contribution in [2.75, 3.05) is 20.3 Å². The molecule has 0 saturated heterocycles. The maximum atomic E-state index is 6.12. The number of hydrogen-bond donors (Lipinski definition) is 1. The van der Waals surface area contributed by atoms with Gasteiger partial charge >= 0.3 is 0 Å². The molecule has 2 atom stereocenters. The van der Waals surface area contributed by atoms with Gasteiger partial charge in [0.1, 0.15) is 0 Å². The molecule has 0 aliphatic rings. The third kappa shape index (κ3) is 6.84. The molecule has 1 aromatic rings. The molecule has 0 radical (unpaired) electrons. The average molecular weight is 344 g/mol. The second-order valence-corrected chi connectivity index (χ2v) is 6.99. The van der Waals surface area contributed by atoms with Gasteiger partial charge in [-0.2, -0.15) is 0 Å². The molecule has 2 unspecified atom stereocenters. The number of rotatable bonds is 7. The summed E-state index contributed by atoms with van der Waals surface area (Å²) < 4.78 is 12.3. The predicted octanol–water partition coefficient (Wildman–Crippen LogP) is 3.93. The Morgan fingerprint density at radius 2 is 2.00 bits per heavy atom. The van der Waals surface area contributed by atoms with Crippen molar-refractivity contribution in [3.63, 3.8) is 0 Å². The van der Waals surface area contributed by atoms with Crippen molar-refractivity contribution in [2.45, 2.75) is 45.4 Å². The highest BCUT2D eigenvalue weighted by Gasteiger charge is 2.19. The fourth-order valence-corrected chi connectivity index (χ4v) is 2.32. The Kier molecular flexibility index (Phi) is 7.17. The lowest BCUT2D eigenvalue weighted by Crippen LogP contribution is -2.39. The molecular formula is C16H26BrNO2. The van der Waals surface area contributed by atoms with E-state index in [4.69, 9.17) is 9.47 Å². The second kappa shape index (κ2) is 8.13. The van der Waals surface area contributed by atoms with Crippen LogP contribution < -0.4 is 5.32 Å². The van der Waals surface area contributed by atoms with E-state index in [1.807, 2.05) is 19.1 Å². The molecule has 0 spiro atoms. The van der Waals surface area contributed by atoms with E-state index >= 15 is 0 Å². The molecule has 0 saturated carbocycles. The van der Waals surface area contributed by atoms with Gasteiger partial charge in [0.15, 0.2) is 0 Å². The highest BCUT2D eigenvalue weighted by atomic mass is 79.9. The SMILES string of the molecule is COCC(C)OC(CNC(C)(C)C)c1cccc(Br)c1. The summed E-state index contributed by atoms with van der Waals surface area (Å²) in [4.78, 5) is 0. The molecule has 1 aromatic carbocycles. The minimum Gasteiger partial charge on any atom is -0.382 e. The van der Waals surface area contributed by atoms with Gasteiger partial charge in [-0.3, -0.25) is 0 Å². The van der Waals surface area contributed by atoms with Crippen molar-refractivity contribution in [1.82, 2.24) is 5.32 Å². The average Bonchev–Trinajstić information content (AvgIpc) is 2.33. The lowest BCUT2D eigenvalue weighted by molar-refractivity contribution is -0.0412. The monoisotopic (exact) mass is 343 g/mol. The third-order valence-electron chi connectivity index (χ3n) is 2.84. The van der Waals surface area contributed by atoms with Crippen LogP contribution in [0.4, 0.5) is 0 Å². The van der Waals surface area contributed by atoms with Crippen LogP contribution in [0.3, 0.4) is 0 Å². The van der Waals surface area contributed by atoms with Crippen LogP contribution in [0.1, 0.15) is 39.4 Å². The summed E-state index contributed by atoms with van der Waals surface area (Å²) in [5, 5.41) is 3.51. The van der Waals surface area contributed by atoms with Crippen LogP contribution in [0.2, 0.25) is 0 Å². The maximum Gasteiger partial charge on any atom is 0.0954 e. The van der Waals surface area contributed by atoms with E-state index < -0.39 is 0 Å². The van der Waals surface area contributed by atoms with Gasteiger partial charge in [0.05, 0.1) is 18.8 Å². The summed E-state index contributed by atoms with van der Waals surface area (Å²) in [5.41, 5.74) is 1.23. The quantitative estimate of drug-likeness (QED) is 0.813. The topological polar surface area (TPSA) is 30.5 Å². The van der Waals surface area contributed by atoms with Crippen molar-refractivity contribution in [2.24, 2.45) is 0 Å². The zero-order chi connectivity index (χ0) is 15.2. The molecule has 0 aliphatic heterocycles. The van der Waals surface area contributed by atoms with Gasteiger partial charge < -0.3 is 14.8 Å². The third-order valence-corrected chi connectivity index (χ3v) is 3.33. The Morgan fingerprint density at radius 1 is 1.30 bits per heavy atom. The van der Waals surface area contributed by atoms with Crippen molar-refractivity contribution in [1.29, 1.82) is 0 Å². The molecule has 0 fully saturated rings. The Hall–Kier alpha value is -0.420. The Labute approximate surface area is 131 Å². The Balaban J connectivity index is 2.78. The normalized spacial score (nSPS) is 15.1. The molecule has 0 amide bonds. The van der Waals surface area contributed by atoms with Crippen molar-refractivity contribution in [3.8, 4) is 0 Å². The molecule has 1 N–H and O–H groups in total. The number of benzene rings is 1. The molecule has 20 heavy (non-hydrogen) atoms. The first-order valence-corrected chi connectivity index (χ1v) is 7.76. The van der Waals surface area contributed by atoms with E-state index in [1.54, 1.807) is 7.11 Å². The first kappa shape index (κ1) is 17.6. The van der Waals surface area contributed by atoms with Crippen LogP contribution in [0.25, 0.3) is 0 Å². The van der Waals surface area contributed by atoms with Crippen LogP contribution in [0, 0.1) is 0 Å². The van der Waals surface area contributed by atoms with Gasteiger partial charge in [-0.25, -0.2) is 0 Å². The first-order chi connectivity index (χ1) is 9.31. The number of hydrogen-bond acceptors (Lipinski definition) is 3. The molecule has 4 heteroatoms. The van der Waals surface area contributed by atoms with Crippen molar-refractivity contribution < 1.29 is 9.47 Å². The smallest absolute Gasteiger partial charge is 0.0954 e. The first-order valence-electron chi connectivity index (χ1n) is 6.96. The number of nitrogens with one attached hydrogen (secondary N) is 1. The highest BCUT2D eigenvalue weighted by molar-refractivity contribution is 9.10. The molecular weight excluding hydrogens is 318 g/mol. The van der Waals surface area contributed by atoms with E-state index in [2.05, 4.69) is 54.2 Å². The van der Waals surface area contributed by atoms with Crippen LogP contribution >= 0.6 is 15.9 Å². The number of ether oxygens (including phenoxy) is 2. The van der Waals surface area contributed by atoms with E-state index in [9.17, 15) is 0 Å². The fraction of sp³-hybridized carbons (Fsp3) is 0.625. The largest absolute Gasteiger partial charge is 0.382 e. The van der Waals surface area contributed by atoms with Crippen LogP contribution in [0.15, 0.2) is 28.7 Å². The summed E-state index contributed by atoms with van der Waals surface area (Å²) in [7, 11) is 1.70. The van der Waals surface area contributed by atoms with Crippen LogP contribution in [-0.4, -0.2) is 31.9 Å². The minimum atomic E-state index is 0.0110. The summed E-state index contributed by atoms with van der Waals surface area (Å²) >= 11 is 3.52. The zero-order valence-corrected chi connectivity index (χ0v) is 14.7. The number of methoxy groups -OCH3 is 1. The lowest BCUT2D eigenvalue weighted by Gasteiger charge is -2.28. The molecule has 0 aliphatic carbocycles. The summed E-state index contributed by atoms with van der Waals surface area (Å²) in [6.07, 6.45) is 0.0719. The van der Waals surface area contributed by atoms with Gasteiger partial charge in [0.2, 0.25) is 0 Å². The zero-order valence-electron chi connectivity index (χ0n) is 13.1. The molecule has 3 nitrogen and oxygen atoms in total. The predicted molar refractivity (Wildman–Crippen MR) is 87.1 cm³/mol. The standard InChI is InChI=1S/C16H26BrNO2/c1-12(11-19-5)20-15(10-18-16(2,3)4)13-7-6-8-14(17)9-13/h6-9,12,15,18H,10-11H2,1-5H3. The van der Waals surface area contributed by atoms with Gasteiger partial charge in [-0.05, 0) is 45.4 Å². The van der Waals surface area contributed by atoms with E-state index in [-0.39, 0.29) is 17.7 Å². The van der Waals surface area contributed by atoms with Gasteiger partial charge in [-0.1, -0.05) is 28.1 Å². The van der Waals surface area contributed by atoms with Crippen molar-refractivity contribution in [3.05, 3.63) is 34.3 Å². The van der Waals surface area contributed by atoms with Crippen molar-refractivity contribution >= 4 is 15.9 Å². The summed E-state index contributed by atoms with van der Waals surface area (Å²) in [6, 6.07) is 8.26. The van der Waals surface area contributed by atoms with E-state index in [0.717, 1.165) is 11.0 Å². The summed E-state index contributed by atoms with van der Waals surface area (Å²) in [5.74, 6) is 0. The molecule has 114 valence electrons. The maximum absolute atomic E-state index is 6.12. The molecule has 0 heterocycles. The summed E-state index contributed by atoms with van der Waals surface area (Å²) in [6.45, 7) is 9.87. The Bertz CT molecular complexity index is 404. The Morgan fingerprint density at radius 3 is 2.55 bits per heavy atom. The van der Waals surface area contributed by atoms with Gasteiger partial charge in [0.25, 0.3) is 0 Å². The van der Waals surface area contributed by atoms with Gasteiger partial charge in [-0.15, -0.1) is 0 Å². The fourth-order valence-electron chi connectivity index (χ4n) is 1.90. The molecule has 0 bridgehead atoms. The number of halogens is 1. The minimum absolute atomic E-state index is 0.0110. The molecule has 0 aromatic heterocycles. The second-order valence-electron chi connectivity index (χ2n) is 6.08. The van der Waals surface area contributed by atoms with Gasteiger partial charge in [0, 0.05) is 23.7 Å². The van der Waals surface area contributed by atoms with E-state index in [1.165, 1.54) is 5.56 Å².